The van der Waals surface area contributed by atoms with Crippen molar-refractivity contribution < 1.29 is 0 Å². The molecule has 2 aromatic rings. The van der Waals surface area contributed by atoms with Crippen molar-refractivity contribution in [3.05, 3.63) is 38.6 Å². The molecule has 0 saturated carbocycles. The van der Waals surface area contributed by atoms with Crippen LogP contribution in [0.4, 0.5) is 0 Å². The van der Waals surface area contributed by atoms with Crippen LogP contribution in [-0.2, 0) is 0 Å². The predicted octanol–water partition coefficient (Wildman–Crippen LogP) is 2.12. The Bertz CT molecular complexity index is 513. The molecule has 2 heterocycles. The van der Waals surface area contributed by atoms with Crippen LogP contribution in [0.25, 0.3) is 11.3 Å². The number of nitrogens with zero attached hydrogens (tertiary/aromatic N) is 1. The van der Waals surface area contributed by atoms with E-state index in [9.17, 15) is 4.79 Å². The Morgan fingerprint density at radius 3 is 2.86 bits per heavy atom. The molecule has 0 aliphatic carbocycles. The third-order valence-corrected chi connectivity index (χ3v) is 2.88. The monoisotopic (exact) mass is 206 g/mol. The van der Waals surface area contributed by atoms with Gasteiger partial charge in [-0.3, -0.25) is 0 Å². The number of aromatic amines is 1. The summed E-state index contributed by atoms with van der Waals surface area (Å²) in [6.45, 7) is 3.98. The van der Waals surface area contributed by atoms with Gasteiger partial charge in [-0.25, -0.2) is 9.78 Å². The maximum absolute atomic E-state index is 11.1. The Labute approximate surface area is 85.5 Å². The first-order valence-electron chi connectivity index (χ1n) is 4.28. The fourth-order valence-electron chi connectivity index (χ4n) is 1.33. The van der Waals surface area contributed by atoms with Gasteiger partial charge in [0.25, 0.3) is 0 Å². The van der Waals surface area contributed by atoms with Gasteiger partial charge < -0.3 is 4.98 Å². The number of H-pyrrole nitrogens is 1. The fourth-order valence-corrected chi connectivity index (χ4v) is 2.03. The van der Waals surface area contributed by atoms with Gasteiger partial charge in [-0.1, -0.05) is 0 Å². The van der Waals surface area contributed by atoms with Gasteiger partial charge in [-0.15, -0.1) is 11.3 Å². The Hall–Kier alpha value is -1.42. The standard InChI is InChI=1S/C10H10N2OS/c1-6-4-11-10(13)12-9(6)8-3-7(2)14-5-8/h3-5H,1-2H3,(H,11,12,13). The van der Waals surface area contributed by atoms with Crippen LogP contribution >= 0.6 is 11.3 Å². The highest BCUT2D eigenvalue weighted by atomic mass is 32.1. The first-order chi connectivity index (χ1) is 6.66. The molecule has 0 radical (unpaired) electrons. The zero-order valence-electron chi connectivity index (χ0n) is 8.00. The van der Waals surface area contributed by atoms with Crippen molar-refractivity contribution in [3.8, 4) is 11.3 Å². The number of thiophene rings is 1. The molecule has 2 rings (SSSR count). The molecule has 3 nitrogen and oxygen atoms in total. The molecule has 0 bridgehead atoms. The van der Waals surface area contributed by atoms with E-state index in [-0.39, 0.29) is 5.69 Å². The molecule has 0 amide bonds. The highest BCUT2D eigenvalue weighted by Gasteiger charge is 2.04. The lowest BCUT2D eigenvalue weighted by molar-refractivity contribution is 1.06. The fraction of sp³-hybridized carbons (Fsp3) is 0.200. The summed E-state index contributed by atoms with van der Waals surface area (Å²) >= 11 is 1.67. The van der Waals surface area contributed by atoms with Crippen LogP contribution in [0.1, 0.15) is 10.4 Å². The molecule has 0 aliphatic heterocycles. The smallest absolute Gasteiger partial charge is 0.305 e. The Balaban J connectivity index is 2.61. The number of aromatic nitrogens is 2. The van der Waals surface area contributed by atoms with Gasteiger partial charge in [0.1, 0.15) is 0 Å². The normalized spacial score (nSPS) is 10.4. The van der Waals surface area contributed by atoms with Crippen LogP contribution in [0.3, 0.4) is 0 Å². The maximum Gasteiger partial charge on any atom is 0.345 e. The van der Waals surface area contributed by atoms with Crippen LogP contribution < -0.4 is 5.69 Å². The second-order valence-corrected chi connectivity index (χ2v) is 4.31. The van der Waals surface area contributed by atoms with E-state index >= 15 is 0 Å². The molecular formula is C10H10N2OS. The van der Waals surface area contributed by atoms with E-state index in [1.165, 1.54) is 4.88 Å². The van der Waals surface area contributed by atoms with E-state index in [1.807, 2.05) is 19.2 Å². The van der Waals surface area contributed by atoms with E-state index in [0.717, 1.165) is 16.8 Å². The zero-order chi connectivity index (χ0) is 10.1. The number of rotatable bonds is 1. The van der Waals surface area contributed by atoms with Crippen LogP contribution in [0.15, 0.2) is 22.4 Å². The van der Waals surface area contributed by atoms with Gasteiger partial charge in [-0.2, -0.15) is 0 Å². The van der Waals surface area contributed by atoms with Gasteiger partial charge in [0, 0.05) is 22.0 Å². The number of hydrogen-bond donors (Lipinski definition) is 1. The maximum atomic E-state index is 11.1. The van der Waals surface area contributed by atoms with Gasteiger partial charge in [0.05, 0.1) is 5.69 Å². The first-order valence-corrected chi connectivity index (χ1v) is 5.16. The molecular weight excluding hydrogens is 196 g/mol. The second kappa shape index (κ2) is 3.38. The molecule has 0 aliphatic rings. The molecule has 0 fully saturated rings. The summed E-state index contributed by atoms with van der Waals surface area (Å²) in [6, 6.07) is 2.06. The van der Waals surface area contributed by atoms with Gasteiger partial charge >= 0.3 is 5.69 Å². The summed E-state index contributed by atoms with van der Waals surface area (Å²) in [5.74, 6) is 0. The summed E-state index contributed by atoms with van der Waals surface area (Å²) in [6.07, 6.45) is 1.60. The average molecular weight is 206 g/mol. The summed E-state index contributed by atoms with van der Waals surface area (Å²) in [5.41, 5.74) is 2.62. The Kier molecular flexibility index (Phi) is 2.21. The van der Waals surface area contributed by atoms with Crippen molar-refractivity contribution in [1.82, 2.24) is 9.97 Å². The number of aryl methyl sites for hydroxylation is 2. The SMILES string of the molecule is Cc1cc(-c2[nH]c(=O)ncc2C)cs1. The lowest BCUT2D eigenvalue weighted by Gasteiger charge is -2.00. The van der Waals surface area contributed by atoms with E-state index < -0.39 is 0 Å². The van der Waals surface area contributed by atoms with Gasteiger partial charge in [0.15, 0.2) is 0 Å². The summed E-state index contributed by atoms with van der Waals surface area (Å²) in [4.78, 5) is 18.7. The molecule has 4 heteroatoms. The lowest BCUT2D eigenvalue weighted by atomic mass is 10.1. The highest BCUT2D eigenvalue weighted by molar-refractivity contribution is 7.10. The summed E-state index contributed by atoms with van der Waals surface area (Å²) in [5, 5.41) is 2.04. The van der Waals surface area contributed by atoms with Gasteiger partial charge in [-0.05, 0) is 25.5 Å². The number of nitrogens with one attached hydrogen (secondary N) is 1. The molecule has 14 heavy (non-hydrogen) atoms. The molecule has 0 aromatic carbocycles. The van der Waals surface area contributed by atoms with Crippen molar-refractivity contribution >= 4 is 11.3 Å². The van der Waals surface area contributed by atoms with E-state index in [0.29, 0.717) is 0 Å². The summed E-state index contributed by atoms with van der Waals surface area (Å²) < 4.78 is 0. The third kappa shape index (κ3) is 1.61. The zero-order valence-corrected chi connectivity index (χ0v) is 8.81. The Morgan fingerprint density at radius 1 is 1.43 bits per heavy atom. The molecule has 1 N–H and O–H groups in total. The van der Waals surface area contributed by atoms with Gasteiger partial charge in [0.2, 0.25) is 0 Å². The van der Waals surface area contributed by atoms with E-state index in [1.54, 1.807) is 17.5 Å². The van der Waals surface area contributed by atoms with Crippen molar-refractivity contribution in [2.45, 2.75) is 13.8 Å². The topological polar surface area (TPSA) is 45.8 Å². The molecule has 2 aromatic heterocycles. The van der Waals surface area contributed by atoms with Crippen molar-refractivity contribution in [3.63, 3.8) is 0 Å². The largest absolute Gasteiger partial charge is 0.345 e. The highest BCUT2D eigenvalue weighted by Crippen LogP contribution is 2.24. The molecule has 0 saturated heterocycles. The molecule has 0 atom stereocenters. The average Bonchev–Trinajstić information content (AvgIpc) is 2.56. The lowest BCUT2D eigenvalue weighted by Crippen LogP contribution is -2.10. The minimum absolute atomic E-state index is 0.297. The Morgan fingerprint density at radius 2 is 2.21 bits per heavy atom. The van der Waals surface area contributed by atoms with Crippen LogP contribution in [0.5, 0.6) is 0 Å². The molecule has 72 valence electrons. The van der Waals surface area contributed by atoms with Crippen LogP contribution in [0.2, 0.25) is 0 Å². The quantitative estimate of drug-likeness (QED) is 0.776. The molecule has 0 spiro atoms. The first kappa shape index (κ1) is 9.15. The third-order valence-electron chi connectivity index (χ3n) is 2.02. The minimum Gasteiger partial charge on any atom is -0.305 e. The van der Waals surface area contributed by atoms with Crippen molar-refractivity contribution in [2.75, 3.05) is 0 Å². The van der Waals surface area contributed by atoms with Crippen molar-refractivity contribution in [2.24, 2.45) is 0 Å². The van der Waals surface area contributed by atoms with E-state index in [4.69, 9.17) is 0 Å². The van der Waals surface area contributed by atoms with Crippen LogP contribution in [-0.4, -0.2) is 9.97 Å². The predicted molar refractivity (Wildman–Crippen MR) is 57.6 cm³/mol. The number of hydrogen-bond acceptors (Lipinski definition) is 3. The van der Waals surface area contributed by atoms with E-state index in [2.05, 4.69) is 16.0 Å². The van der Waals surface area contributed by atoms with Crippen molar-refractivity contribution in [1.29, 1.82) is 0 Å². The molecule has 0 unspecified atom stereocenters. The van der Waals surface area contributed by atoms with Crippen LogP contribution in [0, 0.1) is 13.8 Å². The minimum atomic E-state index is -0.297. The second-order valence-electron chi connectivity index (χ2n) is 3.19. The summed E-state index contributed by atoms with van der Waals surface area (Å²) in [7, 11) is 0.